The second-order valence-electron chi connectivity index (χ2n) is 3.99. The number of aromatic nitrogens is 1. The van der Waals surface area contributed by atoms with Crippen LogP contribution in [0.25, 0.3) is 0 Å². The third-order valence-electron chi connectivity index (χ3n) is 2.65. The monoisotopic (exact) mass is 242 g/mol. The first-order valence-corrected chi connectivity index (χ1v) is 6.25. The van der Waals surface area contributed by atoms with E-state index in [2.05, 4.69) is 29.4 Å². The molecule has 0 radical (unpaired) electrons. The van der Waals surface area contributed by atoms with E-state index in [-0.39, 0.29) is 0 Å². The molecule has 0 aliphatic rings. The molecule has 0 atom stereocenters. The van der Waals surface area contributed by atoms with Gasteiger partial charge in [0.05, 0.1) is 6.54 Å². The van der Waals surface area contributed by atoms with E-state index in [1.807, 2.05) is 30.3 Å². The molecule has 1 aromatic heterocycles. The molecule has 0 saturated heterocycles. The Hall–Kier alpha value is -2.03. The van der Waals surface area contributed by atoms with Gasteiger partial charge in [0.15, 0.2) is 0 Å². The first-order valence-electron chi connectivity index (χ1n) is 6.25. The van der Waals surface area contributed by atoms with E-state index >= 15 is 0 Å². The second kappa shape index (κ2) is 6.64. The van der Waals surface area contributed by atoms with Crippen molar-refractivity contribution in [1.29, 1.82) is 0 Å². The van der Waals surface area contributed by atoms with Crippen molar-refractivity contribution in [2.75, 3.05) is 18.5 Å². The average molecular weight is 242 g/mol. The van der Waals surface area contributed by atoms with Crippen molar-refractivity contribution in [2.45, 2.75) is 13.3 Å². The number of aryl methyl sites for hydroxylation is 1. The SMILES string of the molecule is CCc1cccc(OCCNc2ccccn2)c1. The van der Waals surface area contributed by atoms with Crippen molar-refractivity contribution in [3.8, 4) is 5.75 Å². The van der Waals surface area contributed by atoms with Gasteiger partial charge in [-0.1, -0.05) is 25.1 Å². The number of pyridine rings is 1. The molecule has 0 spiro atoms. The molecule has 0 bridgehead atoms. The van der Waals surface area contributed by atoms with Crippen molar-refractivity contribution in [3.05, 3.63) is 54.2 Å². The van der Waals surface area contributed by atoms with Crippen molar-refractivity contribution in [1.82, 2.24) is 4.98 Å². The molecule has 0 aliphatic carbocycles. The van der Waals surface area contributed by atoms with E-state index in [1.54, 1.807) is 6.20 Å². The van der Waals surface area contributed by atoms with Crippen LogP contribution in [0.15, 0.2) is 48.7 Å². The first-order chi connectivity index (χ1) is 8.88. The summed E-state index contributed by atoms with van der Waals surface area (Å²) in [4.78, 5) is 4.18. The summed E-state index contributed by atoms with van der Waals surface area (Å²) in [5.74, 6) is 1.81. The lowest BCUT2D eigenvalue weighted by molar-refractivity contribution is 0.332. The molecule has 1 N–H and O–H groups in total. The minimum absolute atomic E-state index is 0.629. The van der Waals surface area contributed by atoms with Gasteiger partial charge < -0.3 is 10.1 Å². The Morgan fingerprint density at radius 1 is 1.17 bits per heavy atom. The lowest BCUT2D eigenvalue weighted by Crippen LogP contribution is -2.12. The van der Waals surface area contributed by atoms with E-state index in [9.17, 15) is 0 Å². The summed E-state index contributed by atoms with van der Waals surface area (Å²) in [6, 6.07) is 14.0. The first kappa shape index (κ1) is 12.4. The van der Waals surface area contributed by atoms with Crippen LogP contribution in [0.2, 0.25) is 0 Å². The summed E-state index contributed by atoms with van der Waals surface area (Å²) < 4.78 is 5.68. The van der Waals surface area contributed by atoms with E-state index in [1.165, 1.54) is 5.56 Å². The van der Waals surface area contributed by atoms with Crippen LogP contribution in [-0.2, 0) is 6.42 Å². The van der Waals surface area contributed by atoms with E-state index in [4.69, 9.17) is 4.74 Å². The molecular formula is C15H18N2O. The summed E-state index contributed by atoms with van der Waals surface area (Å²) in [6.07, 6.45) is 2.80. The molecule has 18 heavy (non-hydrogen) atoms. The van der Waals surface area contributed by atoms with Gasteiger partial charge in [-0.3, -0.25) is 0 Å². The molecule has 3 nitrogen and oxygen atoms in total. The molecule has 0 fully saturated rings. The molecule has 0 aliphatic heterocycles. The van der Waals surface area contributed by atoms with E-state index in [0.29, 0.717) is 6.61 Å². The summed E-state index contributed by atoms with van der Waals surface area (Å²) >= 11 is 0. The molecule has 0 amide bonds. The fraction of sp³-hybridized carbons (Fsp3) is 0.267. The van der Waals surface area contributed by atoms with Gasteiger partial charge >= 0.3 is 0 Å². The van der Waals surface area contributed by atoms with Crippen LogP contribution in [0.1, 0.15) is 12.5 Å². The summed E-state index contributed by atoms with van der Waals surface area (Å²) in [5.41, 5.74) is 1.30. The Bertz CT molecular complexity index is 471. The van der Waals surface area contributed by atoms with E-state index < -0.39 is 0 Å². The smallest absolute Gasteiger partial charge is 0.125 e. The third-order valence-corrected chi connectivity index (χ3v) is 2.65. The van der Waals surface area contributed by atoms with Gasteiger partial charge in [0.2, 0.25) is 0 Å². The van der Waals surface area contributed by atoms with Crippen molar-refractivity contribution in [3.63, 3.8) is 0 Å². The van der Waals surface area contributed by atoms with Crippen molar-refractivity contribution >= 4 is 5.82 Å². The van der Waals surface area contributed by atoms with Crippen LogP contribution in [0, 0.1) is 0 Å². The van der Waals surface area contributed by atoms with E-state index in [0.717, 1.165) is 24.5 Å². The lowest BCUT2D eigenvalue weighted by atomic mass is 10.2. The molecule has 3 heteroatoms. The maximum absolute atomic E-state index is 5.68. The Labute approximate surface area is 108 Å². The molecule has 94 valence electrons. The van der Waals surface area contributed by atoms with Gasteiger partial charge in [0.1, 0.15) is 18.2 Å². The maximum atomic E-state index is 5.68. The Morgan fingerprint density at radius 3 is 2.89 bits per heavy atom. The lowest BCUT2D eigenvalue weighted by Gasteiger charge is -2.08. The Balaban J connectivity index is 1.75. The molecule has 1 aromatic carbocycles. The number of benzene rings is 1. The van der Waals surface area contributed by atoms with Crippen LogP contribution in [-0.4, -0.2) is 18.1 Å². The number of nitrogens with zero attached hydrogens (tertiary/aromatic N) is 1. The second-order valence-corrected chi connectivity index (χ2v) is 3.99. The zero-order valence-electron chi connectivity index (χ0n) is 10.6. The number of ether oxygens (including phenoxy) is 1. The number of nitrogens with one attached hydrogen (secondary N) is 1. The van der Waals surface area contributed by atoms with Crippen LogP contribution in [0.4, 0.5) is 5.82 Å². The zero-order chi connectivity index (χ0) is 12.6. The molecule has 2 aromatic rings. The molecule has 0 saturated carbocycles. The Kier molecular flexibility index (Phi) is 4.59. The topological polar surface area (TPSA) is 34.1 Å². The van der Waals surface area contributed by atoms with Crippen LogP contribution in [0.3, 0.4) is 0 Å². The van der Waals surface area contributed by atoms with Crippen LogP contribution < -0.4 is 10.1 Å². The minimum atomic E-state index is 0.629. The average Bonchev–Trinajstić information content (AvgIpc) is 2.45. The van der Waals surface area contributed by atoms with Gasteiger partial charge in [0.25, 0.3) is 0 Å². The quantitative estimate of drug-likeness (QED) is 0.790. The highest BCUT2D eigenvalue weighted by Crippen LogP contribution is 2.13. The van der Waals surface area contributed by atoms with Gasteiger partial charge in [-0.15, -0.1) is 0 Å². The fourth-order valence-corrected chi connectivity index (χ4v) is 1.67. The minimum Gasteiger partial charge on any atom is -0.492 e. The van der Waals surface area contributed by atoms with Crippen molar-refractivity contribution in [2.24, 2.45) is 0 Å². The number of rotatable bonds is 6. The van der Waals surface area contributed by atoms with Crippen molar-refractivity contribution < 1.29 is 4.74 Å². The molecule has 1 heterocycles. The summed E-state index contributed by atoms with van der Waals surface area (Å²) in [5, 5.41) is 3.21. The maximum Gasteiger partial charge on any atom is 0.125 e. The normalized spacial score (nSPS) is 10.1. The fourth-order valence-electron chi connectivity index (χ4n) is 1.67. The highest BCUT2D eigenvalue weighted by atomic mass is 16.5. The summed E-state index contributed by atoms with van der Waals surface area (Å²) in [7, 11) is 0. The van der Waals surface area contributed by atoms with Crippen LogP contribution in [0.5, 0.6) is 5.75 Å². The molecule has 0 unspecified atom stereocenters. The number of hydrogen-bond acceptors (Lipinski definition) is 3. The highest BCUT2D eigenvalue weighted by Gasteiger charge is 1.96. The zero-order valence-corrected chi connectivity index (χ0v) is 10.6. The largest absolute Gasteiger partial charge is 0.492 e. The van der Waals surface area contributed by atoms with Gasteiger partial charge in [-0.25, -0.2) is 4.98 Å². The predicted molar refractivity (Wildman–Crippen MR) is 74.0 cm³/mol. The standard InChI is InChI=1S/C15H18N2O/c1-2-13-6-5-7-14(12-13)18-11-10-17-15-8-3-4-9-16-15/h3-9,12H,2,10-11H2,1H3,(H,16,17). The number of hydrogen-bond donors (Lipinski definition) is 1. The highest BCUT2D eigenvalue weighted by molar-refractivity contribution is 5.33. The Morgan fingerprint density at radius 2 is 2.11 bits per heavy atom. The van der Waals surface area contributed by atoms with Gasteiger partial charge in [0, 0.05) is 6.20 Å². The van der Waals surface area contributed by atoms with Gasteiger partial charge in [-0.05, 0) is 36.2 Å². The predicted octanol–water partition coefficient (Wildman–Crippen LogP) is 3.13. The van der Waals surface area contributed by atoms with Gasteiger partial charge in [-0.2, -0.15) is 0 Å². The van der Waals surface area contributed by atoms with Crippen LogP contribution >= 0.6 is 0 Å². The molecular weight excluding hydrogens is 224 g/mol. The third kappa shape index (κ3) is 3.77. The number of anilines is 1. The molecule has 2 rings (SSSR count). The summed E-state index contributed by atoms with van der Waals surface area (Å²) in [6.45, 7) is 3.51.